The average molecular weight is 529 g/mol. The molecule has 0 saturated carbocycles. The Labute approximate surface area is 223 Å². The van der Waals surface area contributed by atoms with Crippen molar-refractivity contribution in [2.24, 2.45) is 0 Å². The molecule has 4 aromatic rings. The molecule has 1 fully saturated rings. The number of hydrogen-bond donors (Lipinski definition) is 2. The van der Waals surface area contributed by atoms with Crippen LogP contribution in [0.3, 0.4) is 0 Å². The maximum Gasteiger partial charge on any atom is 0.227 e. The fraction of sp³-hybridized carbons (Fsp3) is 0.250. The minimum absolute atomic E-state index is 0.122. The quantitative estimate of drug-likeness (QED) is 0.312. The van der Waals surface area contributed by atoms with Crippen LogP contribution in [0.2, 0.25) is 0 Å². The van der Waals surface area contributed by atoms with Gasteiger partial charge in [-0.3, -0.25) is 9.21 Å². The molecule has 0 spiro atoms. The number of para-hydroxylation sites is 1. The summed E-state index contributed by atoms with van der Waals surface area (Å²) in [5, 5.41) is 13.1. The number of benzene rings is 3. The summed E-state index contributed by atoms with van der Waals surface area (Å²) in [4.78, 5) is 11.7. The molecule has 0 bridgehead atoms. The van der Waals surface area contributed by atoms with Crippen LogP contribution in [0, 0.1) is 11.3 Å². The SMILES string of the molecule is N#CCCN(c1ccc(-c2cccc3cnc(Nc4cccc(CN5CCOCC5)c4)nc23)cc1)[SH](=O)=O. The zero-order valence-corrected chi connectivity index (χ0v) is 21.7. The van der Waals surface area contributed by atoms with Crippen LogP contribution in [-0.4, -0.2) is 56.1 Å². The van der Waals surface area contributed by atoms with Gasteiger partial charge in [-0.2, -0.15) is 5.26 Å². The van der Waals surface area contributed by atoms with Crippen LogP contribution in [0.15, 0.2) is 72.9 Å². The maximum atomic E-state index is 11.7. The molecule has 38 heavy (non-hydrogen) atoms. The van der Waals surface area contributed by atoms with Gasteiger partial charge >= 0.3 is 0 Å². The first-order valence-electron chi connectivity index (χ1n) is 12.4. The highest BCUT2D eigenvalue weighted by molar-refractivity contribution is 7.74. The van der Waals surface area contributed by atoms with Gasteiger partial charge in [0.25, 0.3) is 0 Å². The first kappa shape index (κ1) is 25.6. The van der Waals surface area contributed by atoms with Crippen LogP contribution in [0.1, 0.15) is 12.0 Å². The molecule has 10 heteroatoms. The number of aromatic nitrogens is 2. The molecule has 3 aromatic carbocycles. The summed E-state index contributed by atoms with van der Waals surface area (Å²) >= 11 is 0. The van der Waals surface area contributed by atoms with Gasteiger partial charge in [0.05, 0.1) is 36.9 Å². The second-order valence-electron chi connectivity index (χ2n) is 8.97. The van der Waals surface area contributed by atoms with Crippen molar-refractivity contribution in [2.75, 3.05) is 42.5 Å². The third kappa shape index (κ3) is 6.08. The summed E-state index contributed by atoms with van der Waals surface area (Å²) in [7, 11) is -2.84. The normalized spacial score (nSPS) is 13.9. The smallest absolute Gasteiger partial charge is 0.227 e. The summed E-state index contributed by atoms with van der Waals surface area (Å²) in [6, 6.07) is 23.4. The van der Waals surface area contributed by atoms with Gasteiger partial charge < -0.3 is 10.1 Å². The molecule has 1 saturated heterocycles. The van der Waals surface area contributed by atoms with Crippen LogP contribution in [0.4, 0.5) is 17.3 Å². The number of morpholine rings is 1. The van der Waals surface area contributed by atoms with Crippen molar-refractivity contribution in [3.05, 3.63) is 78.5 Å². The van der Waals surface area contributed by atoms with Gasteiger partial charge in [0.1, 0.15) is 0 Å². The van der Waals surface area contributed by atoms with Gasteiger partial charge in [-0.25, -0.2) is 18.4 Å². The number of nitrogens with zero attached hydrogens (tertiary/aromatic N) is 5. The first-order chi connectivity index (χ1) is 18.6. The Balaban J connectivity index is 1.38. The van der Waals surface area contributed by atoms with Crippen LogP contribution in [0.25, 0.3) is 22.0 Å². The molecule has 0 radical (unpaired) electrons. The molecule has 1 N–H and O–H groups in total. The van der Waals surface area contributed by atoms with E-state index in [1.807, 2.05) is 48.5 Å². The number of nitriles is 1. The lowest BCUT2D eigenvalue weighted by Crippen LogP contribution is -2.35. The molecule has 0 amide bonds. The number of rotatable bonds is 9. The van der Waals surface area contributed by atoms with E-state index in [0.717, 1.165) is 60.6 Å². The number of anilines is 3. The number of fused-ring (bicyclic) bond motifs is 1. The zero-order chi connectivity index (χ0) is 26.3. The first-order valence-corrected chi connectivity index (χ1v) is 13.5. The molecular formula is C28H28N6O3S. The molecule has 194 valence electrons. The number of thiol groups is 1. The van der Waals surface area contributed by atoms with Crippen molar-refractivity contribution in [3.63, 3.8) is 0 Å². The Hall–Kier alpha value is -4.04. The Kier molecular flexibility index (Phi) is 8.09. The van der Waals surface area contributed by atoms with E-state index >= 15 is 0 Å². The minimum Gasteiger partial charge on any atom is -0.379 e. The summed E-state index contributed by atoms with van der Waals surface area (Å²) in [6.07, 6.45) is 1.92. The molecular weight excluding hydrogens is 500 g/mol. The van der Waals surface area contributed by atoms with E-state index in [0.29, 0.717) is 11.6 Å². The van der Waals surface area contributed by atoms with E-state index in [1.165, 1.54) is 9.87 Å². The largest absolute Gasteiger partial charge is 0.379 e. The van der Waals surface area contributed by atoms with E-state index in [9.17, 15) is 8.42 Å². The second kappa shape index (κ2) is 12.0. The molecule has 1 aliphatic heterocycles. The molecule has 5 rings (SSSR count). The maximum absolute atomic E-state index is 11.7. The standard InChI is InChI=1S/C28H28N6O3S/c29-12-3-13-34(38(35)36)25-10-8-22(9-11-25)26-7-2-5-23-19-30-28(32-27(23)26)31-24-6-1-4-21(18-24)20-33-14-16-37-17-15-33/h1-2,4-11,18-19,38H,3,13-17,20H2,(H,30,31,32). The van der Waals surface area contributed by atoms with Crippen molar-refractivity contribution in [1.29, 1.82) is 5.26 Å². The van der Waals surface area contributed by atoms with Gasteiger partial charge in [-0.05, 0) is 35.4 Å². The predicted octanol–water partition coefficient (Wildman–Crippen LogP) is 4.12. The minimum atomic E-state index is -2.84. The van der Waals surface area contributed by atoms with Gasteiger partial charge in [-0.1, -0.05) is 42.5 Å². The number of ether oxygens (including phenoxy) is 1. The van der Waals surface area contributed by atoms with Crippen molar-refractivity contribution >= 4 is 39.1 Å². The highest BCUT2D eigenvalue weighted by Crippen LogP contribution is 2.30. The summed E-state index contributed by atoms with van der Waals surface area (Å²) in [5.74, 6) is 0.496. The Morgan fingerprint density at radius 2 is 1.84 bits per heavy atom. The van der Waals surface area contributed by atoms with E-state index < -0.39 is 10.9 Å². The predicted molar refractivity (Wildman–Crippen MR) is 149 cm³/mol. The van der Waals surface area contributed by atoms with Crippen molar-refractivity contribution in [3.8, 4) is 17.2 Å². The lowest BCUT2D eigenvalue weighted by molar-refractivity contribution is 0.0342. The van der Waals surface area contributed by atoms with E-state index in [1.54, 1.807) is 18.3 Å². The number of nitrogens with one attached hydrogen (secondary N) is 1. The van der Waals surface area contributed by atoms with Crippen LogP contribution in [-0.2, 0) is 22.2 Å². The van der Waals surface area contributed by atoms with Gasteiger partial charge in [0.2, 0.25) is 16.8 Å². The molecule has 0 atom stereocenters. The average Bonchev–Trinajstić information content (AvgIpc) is 2.94. The lowest BCUT2D eigenvalue weighted by atomic mass is 10.0. The van der Waals surface area contributed by atoms with E-state index in [-0.39, 0.29) is 13.0 Å². The highest BCUT2D eigenvalue weighted by Gasteiger charge is 2.13. The highest BCUT2D eigenvalue weighted by atomic mass is 32.2. The summed E-state index contributed by atoms with van der Waals surface area (Å²) < 4.78 is 30.0. The molecule has 1 aromatic heterocycles. The zero-order valence-electron chi connectivity index (χ0n) is 20.8. The van der Waals surface area contributed by atoms with Gasteiger partial charge in [-0.15, -0.1) is 0 Å². The Morgan fingerprint density at radius 1 is 1.05 bits per heavy atom. The van der Waals surface area contributed by atoms with E-state index in [2.05, 4.69) is 27.3 Å². The third-order valence-corrected chi connectivity index (χ3v) is 7.24. The third-order valence-electron chi connectivity index (χ3n) is 6.41. The Bertz CT molecular complexity index is 1520. The number of hydrogen-bond acceptors (Lipinski definition) is 8. The van der Waals surface area contributed by atoms with Crippen LogP contribution >= 0.6 is 0 Å². The van der Waals surface area contributed by atoms with Gasteiger partial charge in [0.15, 0.2) is 0 Å². The summed E-state index contributed by atoms with van der Waals surface area (Å²) in [6.45, 7) is 4.40. The topological polar surface area (TPSA) is 111 Å². The van der Waals surface area contributed by atoms with E-state index in [4.69, 9.17) is 15.0 Å². The molecule has 2 heterocycles. The summed E-state index contributed by atoms with van der Waals surface area (Å²) in [5.41, 5.74) is 5.25. The fourth-order valence-corrected chi connectivity index (χ4v) is 5.10. The van der Waals surface area contributed by atoms with Crippen molar-refractivity contribution in [1.82, 2.24) is 14.9 Å². The molecule has 0 unspecified atom stereocenters. The van der Waals surface area contributed by atoms with Gasteiger partial charge in [0, 0.05) is 49.0 Å². The molecule has 0 aliphatic carbocycles. The fourth-order valence-electron chi connectivity index (χ4n) is 4.52. The van der Waals surface area contributed by atoms with Crippen molar-refractivity contribution in [2.45, 2.75) is 13.0 Å². The van der Waals surface area contributed by atoms with Crippen LogP contribution < -0.4 is 9.62 Å². The second-order valence-corrected chi connectivity index (χ2v) is 9.93. The van der Waals surface area contributed by atoms with Crippen LogP contribution in [0.5, 0.6) is 0 Å². The van der Waals surface area contributed by atoms with Crippen molar-refractivity contribution < 1.29 is 13.2 Å². The Morgan fingerprint density at radius 3 is 2.61 bits per heavy atom. The monoisotopic (exact) mass is 528 g/mol. The lowest BCUT2D eigenvalue weighted by Gasteiger charge is -2.26. The molecule has 9 nitrogen and oxygen atoms in total. The molecule has 1 aliphatic rings.